The average Bonchev–Trinajstić information content (AvgIpc) is 2.39. The van der Waals surface area contributed by atoms with Gasteiger partial charge >= 0.3 is 0 Å². The Morgan fingerprint density at radius 2 is 1.74 bits per heavy atom. The van der Waals surface area contributed by atoms with Crippen LogP contribution in [0.5, 0.6) is 5.75 Å². The molecule has 0 aliphatic rings. The monoisotopic (exact) mass is 320 g/mol. The number of nitrogens with zero attached hydrogens (tertiary/aromatic N) is 2. The van der Waals surface area contributed by atoms with Gasteiger partial charge in [0.25, 0.3) is 0 Å². The fraction of sp³-hybridized carbons (Fsp3) is 0.267. The molecule has 1 atom stereocenters. The lowest BCUT2D eigenvalue weighted by Crippen LogP contribution is -2.24. The van der Waals surface area contributed by atoms with E-state index in [0.29, 0.717) is 0 Å². The van der Waals surface area contributed by atoms with Crippen molar-refractivity contribution in [3.05, 3.63) is 58.8 Å². The fourth-order valence-electron chi connectivity index (χ4n) is 1.80. The van der Waals surface area contributed by atoms with Gasteiger partial charge in [0.2, 0.25) is 0 Å². The van der Waals surface area contributed by atoms with Crippen molar-refractivity contribution in [3.63, 3.8) is 0 Å². The van der Waals surface area contributed by atoms with Gasteiger partial charge in [-0.2, -0.15) is 0 Å². The van der Waals surface area contributed by atoms with Gasteiger partial charge in [-0.1, -0.05) is 28.1 Å². The molecule has 4 heteroatoms. The molecule has 1 heterocycles. The van der Waals surface area contributed by atoms with Crippen molar-refractivity contribution in [3.8, 4) is 5.75 Å². The average molecular weight is 321 g/mol. The van der Waals surface area contributed by atoms with Gasteiger partial charge < -0.3 is 9.64 Å². The van der Waals surface area contributed by atoms with Crippen molar-refractivity contribution in [2.45, 2.75) is 6.10 Å². The molecule has 19 heavy (non-hydrogen) atoms. The summed E-state index contributed by atoms with van der Waals surface area (Å²) in [7, 11) is 4.09. The van der Waals surface area contributed by atoms with Crippen LogP contribution in [0.2, 0.25) is 0 Å². The number of hydrogen-bond donors (Lipinski definition) is 0. The summed E-state index contributed by atoms with van der Waals surface area (Å²) >= 11 is 3.45. The molecular formula is C15H17BrN2O. The zero-order valence-electron chi connectivity index (χ0n) is 11.1. The Hall–Kier alpha value is -1.39. The van der Waals surface area contributed by atoms with Gasteiger partial charge in [-0.15, -0.1) is 0 Å². The third-order valence-corrected chi connectivity index (χ3v) is 3.23. The lowest BCUT2D eigenvalue weighted by molar-refractivity contribution is 0.162. The summed E-state index contributed by atoms with van der Waals surface area (Å²) in [6.45, 7) is 0.823. The Kier molecular flexibility index (Phi) is 4.93. The number of hydrogen-bond acceptors (Lipinski definition) is 3. The Bertz CT molecular complexity index is 499. The van der Waals surface area contributed by atoms with Crippen LogP contribution >= 0.6 is 15.9 Å². The molecule has 0 fully saturated rings. The van der Waals surface area contributed by atoms with Gasteiger partial charge in [-0.25, -0.2) is 0 Å². The minimum Gasteiger partial charge on any atom is -0.484 e. The van der Waals surface area contributed by atoms with E-state index in [1.54, 1.807) is 12.4 Å². The number of halogens is 1. The number of rotatable bonds is 5. The van der Waals surface area contributed by atoms with E-state index in [-0.39, 0.29) is 6.10 Å². The molecule has 100 valence electrons. The Balaban J connectivity index is 2.18. The van der Waals surface area contributed by atoms with Crippen molar-refractivity contribution in [2.24, 2.45) is 0 Å². The van der Waals surface area contributed by atoms with Crippen molar-refractivity contribution in [2.75, 3.05) is 20.6 Å². The molecule has 0 radical (unpaired) electrons. The molecule has 0 aliphatic carbocycles. The molecule has 0 spiro atoms. The Morgan fingerprint density at radius 1 is 1.11 bits per heavy atom. The van der Waals surface area contributed by atoms with Crippen LogP contribution in [0.25, 0.3) is 0 Å². The van der Waals surface area contributed by atoms with Crippen molar-refractivity contribution < 1.29 is 4.74 Å². The normalized spacial score (nSPS) is 12.4. The van der Waals surface area contributed by atoms with E-state index in [9.17, 15) is 0 Å². The van der Waals surface area contributed by atoms with E-state index >= 15 is 0 Å². The molecule has 1 unspecified atom stereocenters. The summed E-state index contributed by atoms with van der Waals surface area (Å²) in [5, 5.41) is 0. The SMILES string of the molecule is CN(C)CC(Oc1ccncc1)c1ccc(Br)cc1. The molecule has 2 rings (SSSR count). The second kappa shape index (κ2) is 6.68. The largest absolute Gasteiger partial charge is 0.484 e. The van der Waals surface area contributed by atoms with E-state index in [1.165, 1.54) is 0 Å². The highest BCUT2D eigenvalue weighted by molar-refractivity contribution is 9.10. The first-order valence-corrected chi connectivity index (χ1v) is 6.91. The molecule has 3 nitrogen and oxygen atoms in total. The summed E-state index contributed by atoms with van der Waals surface area (Å²) in [4.78, 5) is 6.12. The quantitative estimate of drug-likeness (QED) is 0.842. The molecule has 0 saturated heterocycles. The predicted octanol–water partition coefficient (Wildman–Crippen LogP) is 3.53. The highest BCUT2D eigenvalue weighted by Gasteiger charge is 2.14. The van der Waals surface area contributed by atoms with Gasteiger partial charge in [-0.05, 0) is 43.9 Å². The molecule has 1 aromatic heterocycles. The van der Waals surface area contributed by atoms with Crippen molar-refractivity contribution >= 4 is 15.9 Å². The summed E-state index contributed by atoms with van der Waals surface area (Å²) in [6.07, 6.45) is 3.48. The highest BCUT2D eigenvalue weighted by Crippen LogP contribution is 2.23. The predicted molar refractivity (Wildman–Crippen MR) is 80.3 cm³/mol. The Morgan fingerprint density at radius 3 is 2.32 bits per heavy atom. The summed E-state index contributed by atoms with van der Waals surface area (Å²) in [5.41, 5.74) is 1.16. The maximum atomic E-state index is 6.05. The molecule has 0 amide bonds. The molecule has 2 aromatic rings. The Labute approximate surface area is 122 Å². The number of ether oxygens (including phenoxy) is 1. The van der Waals surface area contributed by atoms with Crippen LogP contribution in [0.4, 0.5) is 0 Å². The zero-order chi connectivity index (χ0) is 13.7. The first-order chi connectivity index (χ1) is 9.15. The standard InChI is InChI=1S/C15H17BrN2O/c1-18(2)11-15(12-3-5-13(16)6-4-12)19-14-7-9-17-10-8-14/h3-10,15H,11H2,1-2H3. The second-order valence-electron chi connectivity index (χ2n) is 4.60. The van der Waals surface area contributed by atoms with Crippen molar-refractivity contribution in [1.82, 2.24) is 9.88 Å². The zero-order valence-corrected chi connectivity index (χ0v) is 12.7. The van der Waals surface area contributed by atoms with E-state index in [4.69, 9.17) is 4.74 Å². The maximum absolute atomic E-state index is 6.05. The topological polar surface area (TPSA) is 25.4 Å². The highest BCUT2D eigenvalue weighted by atomic mass is 79.9. The molecule has 0 saturated carbocycles. The number of pyridine rings is 1. The molecular weight excluding hydrogens is 304 g/mol. The minimum absolute atomic E-state index is 0.00509. The molecule has 0 aliphatic heterocycles. The number of aromatic nitrogens is 1. The van der Waals surface area contributed by atoms with E-state index in [2.05, 4.69) is 37.9 Å². The van der Waals surface area contributed by atoms with Crippen LogP contribution in [-0.2, 0) is 0 Å². The molecule has 0 N–H and O–H groups in total. The van der Waals surface area contributed by atoms with Crippen LogP contribution in [0.1, 0.15) is 11.7 Å². The number of likely N-dealkylation sites (N-methyl/N-ethyl adjacent to an activating group) is 1. The van der Waals surface area contributed by atoms with Crippen LogP contribution in [0.3, 0.4) is 0 Å². The van der Waals surface area contributed by atoms with E-state index < -0.39 is 0 Å². The maximum Gasteiger partial charge on any atom is 0.136 e. The van der Waals surface area contributed by atoms with E-state index in [1.807, 2.05) is 38.4 Å². The van der Waals surface area contributed by atoms with Crippen LogP contribution in [0.15, 0.2) is 53.3 Å². The van der Waals surface area contributed by atoms with Gasteiger partial charge in [0.15, 0.2) is 0 Å². The van der Waals surface area contributed by atoms with Crippen molar-refractivity contribution in [1.29, 1.82) is 0 Å². The lowest BCUT2D eigenvalue weighted by Gasteiger charge is -2.23. The van der Waals surface area contributed by atoms with Crippen LogP contribution in [0, 0.1) is 0 Å². The minimum atomic E-state index is 0.00509. The third kappa shape index (κ3) is 4.33. The van der Waals surface area contributed by atoms with Gasteiger partial charge in [0.1, 0.15) is 11.9 Å². The fourth-order valence-corrected chi connectivity index (χ4v) is 2.07. The third-order valence-electron chi connectivity index (χ3n) is 2.70. The van der Waals surface area contributed by atoms with Crippen LogP contribution < -0.4 is 4.74 Å². The first-order valence-electron chi connectivity index (χ1n) is 6.12. The summed E-state index contributed by atoms with van der Waals surface area (Å²) in [6, 6.07) is 12.0. The number of benzene rings is 1. The molecule has 1 aromatic carbocycles. The first kappa shape index (κ1) is 14.0. The smallest absolute Gasteiger partial charge is 0.136 e. The second-order valence-corrected chi connectivity index (χ2v) is 5.52. The lowest BCUT2D eigenvalue weighted by atomic mass is 10.1. The van der Waals surface area contributed by atoms with Gasteiger partial charge in [-0.3, -0.25) is 4.98 Å². The molecule has 0 bridgehead atoms. The van der Waals surface area contributed by atoms with Crippen LogP contribution in [-0.4, -0.2) is 30.5 Å². The van der Waals surface area contributed by atoms with Gasteiger partial charge in [0.05, 0.1) is 0 Å². The van der Waals surface area contributed by atoms with E-state index in [0.717, 1.165) is 22.3 Å². The summed E-state index contributed by atoms with van der Waals surface area (Å²) in [5.74, 6) is 0.838. The summed E-state index contributed by atoms with van der Waals surface area (Å²) < 4.78 is 7.13. The van der Waals surface area contributed by atoms with Gasteiger partial charge in [0, 0.05) is 23.4 Å².